The molecule has 6 heteroatoms. The third kappa shape index (κ3) is 2.76. The number of para-hydroxylation sites is 1. The van der Waals surface area contributed by atoms with Crippen LogP contribution in [0.15, 0.2) is 46.5 Å². The lowest BCUT2D eigenvalue weighted by atomic mass is 10.1. The number of nitrogens with one attached hydrogen (secondary N) is 1. The lowest BCUT2D eigenvalue weighted by Gasteiger charge is -2.10. The van der Waals surface area contributed by atoms with Gasteiger partial charge >= 0.3 is 0 Å². The zero-order valence-corrected chi connectivity index (χ0v) is 13.3. The van der Waals surface area contributed by atoms with Crippen LogP contribution in [-0.2, 0) is 13.6 Å². The van der Waals surface area contributed by atoms with Crippen molar-refractivity contribution in [1.82, 2.24) is 14.8 Å². The number of thiophene rings is 1. The number of halogens is 1. The van der Waals surface area contributed by atoms with E-state index in [1.807, 2.05) is 23.7 Å². The van der Waals surface area contributed by atoms with E-state index in [0.29, 0.717) is 0 Å². The second-order valence-electron chi connectivity index (χ2n) is 4.37. The monoisotopic (exact) mass is 348 g/mol. The predicted octanol–water partition coefficient (Wildman–Crippen LogP) is 3.92. The molecule has 3 aromatic rings. The molecule has 0 bridgehead atoms. The average molecular weight is 349 g/mol. The molecule has 0 spiro atoms. The number of hydrogen-bond acceptors (Lipinski definition) is 4. The van der Waals surface area contributed by atoms with Crippen LogP contribution in [0.5, 0.6) is 0 Å². The normalized spacial score (nSPS) is 10.7. The van der Waals surface area contributed by atoms with E-state index in [-0.39, 0.29) is 0 Å². The van der Waals surface area contributed by atoms with Crippen LogP contribution in [-0.4, -0.2) is 14.8 Å². The quantitative estimate of drug-likeness (QED) is 0.776. The first-order valence-corrected chi connectivity index (χ1v) is 7.76. The van der Waals surface area contributed by atoms with Gasteiger partial charge in [-0.1, -0.05) is 12.1 Å². The highest BCUT2D eigenvalue weighted by Gasteiger charge is 2.09. The van der Waals surface area contributed by atoms with Crippen molar-refractivity contribution < 1.29 is 0 Å². The Labute approximate surface area is 129 Å². The summed E-state index contributed by atoms with van der Waals surface area (Å²) in [7, 11) is 1.95. The largest absolute Gasteiger partial charge is 0.380 e. The molecule has 1 aromatic carbocycles. The van der Waals surface area contributed by atoms with Crippen molar-refractivity contribution in [2.75, 3.05) is 5.32 Å². The average Bonchev–Trinajstić information content (AvgIpc) is 3.05. The van der Waals surface area contributed by atoms with Crippen molar-refractivity contribution in [3.8, 4) is 11.4 Å². The van der Waals surface area contributed by atoms with Crippen molar-refractivity contribution in [2.24, 2.45) is 7.05 Å². The van der Waals surface area contributed by atoms with Gasteiger partial charge in [-0.2, -0.15) is 0 Å². The summed E-state index contributed by atoms with van der Waals surface area (Å²) in [5, 5.41) is 11.6. The van der Waals surface area contributed by atoms with E-state index in [1.165, 1.54) is 4.88 Å². The lowest BCUT2D eigenvalue weighted by molar-refractivity contribution is 0.919. The molecule has 0 aliphatic rings. The van der Waals surface area contributed by atoms with Gasteiger partial charge in [0.2, 0.25) is 0 Å². The lowest BCUT2D eigenvalue weighted by Crippen LogP contribution is -2.01. The Morgan fingerprint density at radius 3 is 2.80 bits per heavy atom. The predicted molar refractivity (Wildman–Crippen MR) is 85.8 cm³/mol. The summed E-state index contributed by atoms with van der Waals surface area (Å²) in [6.45, 7) is 0.797. The number of nitrogens with zero attached hydrogens (tertiary/aromatic N) is 3. The molecule has 0 aliphatic carbocycles. The molecular weight excluding hydrogens is 336 g/mol. The van der Waals surface area contributed by atoms with Gasteiger partial charge in [-0.3, -0.25) is 0 Å². The molecule has 0 saturated carbocycles. The zero-order valence-electron chi connectivity index (χ0n) is 10.9. The Hall–Kier alpha value is -1.66. The maximum absolute atomic E-state index is 4.17. The van der Waals surface area contributed by atoms with Gasteiger partial charge in [0.15, 0.2) is 5.82 Å². The fraction of sp³-hybridized carbons (Fsp3) is 0.143. The van der Waals surface area contributed by atoms with Gasteiger partial charge in [0.25, 0.3) is 0 Å². The maximum Gasteiger partial charge on any atom is 0.165 e. The molecule has 102 valence electrons. The van der Waals surface area contributed by atoms with Crippen LogP contribution in [0, 0.1) is 0 Å². The third-order valence-corrected chi connectivity index (χ3v) is 4.58. The van der Waals surface area contributed by atoms with Gasteiger partial charge in [-0.15, -0.1) is 21.5 Å². The molecular formula is C14H13BrN4S. The Morgan fingerprint density at radius 1 is 1.25 bits per heavy atom. The van der Waals surface area contributed by atoms with Crippen molar-refractivity contribution in [2.45, 2.75) is 6.54 Å². The zero-order chi connectivity index (χ0) is 13.9. The summed E-state index contributed by atoms with van der Waals surface area (Å²) < 4.78 is 3.07. The Morgan fingerprint density at radius 2 is 2.10 bits per heavy atom. The molecule has 1 N–H and O–H groups in total. The van der Waals surface area contributed by atoms with E-state index in [0.717, 1.165) is 27.4 Å². The number of rotatable bonds is 4. The van der Waals surface area contributed by atoms with Gasteiger partial charge in [0, 0.05) is 29.7 Å². The number of anilines is 1. The van der Waals surface area contributed by atoms with Gasteiger partial charge < -0.3 is 9.88 Å². The Bertz CT molecular complexity index is 719. The van der Waals surface area contributed by atoms with Crippen molar-refractivity contribution in [3.05, 3.63) is 51.4 Å². The van der Waals surface area contributed by atoms with Crippen molar-refractivity contribution in [3.63, 3.8) is 0 Å². The van der Waals surface area contributed by atoms with Crippen LogP contribution in [0.1, 0.15) is 4.88 Å². The van der Waals surface area contributed by atoms with E-state index >= 15 is 0 Å². The topological polar surface area (TPSA) is 42.7 Å². The molecule has 0 aliphatic heterocycles. The minimum absolute atomic E-state index is 0.797. The second-order valence-corrected chi connectivity index (χ2v) is 6.92. The molecule has 20 heavy (non-hydrogen) atoms. The van der Waals surface area contributed by atoms with Gasteiger partial charge in [-0.25, -0.2) is 0 Å². The second kappa shape index (κ2) is 5.76. The smallest absolute Gasteiger partial charge is 0.165 e. The molecule has 0 saturated heterocycles. The first kappa shape index (κ1) is 13.3. The van der Waals surface area contributed by atoms with E-state index in [1.54, 1.807) is 17.7 Å². The molecule has 0 unspecified atom stereocenters. The standard InChI is InChI=1S/C14H13BrN4S/c1-19-9-17-18-14(19)11-4-2-3-5-12(11)16-8-10-6-7-13(15)20-10/h2-7,9,16H,8H2,1H3. The van der Waals surface area contributed by atoms with Gasteiger partial charge in [-0.05, 0) is 40.2 Å². The van der Waals surface area contributed by atoms with E-state index in [9.17, 15) is 0 Å². The Kier molecular flexibility index (Phi) is 3.84. The highest BCUT2D eigenvalue weighted by Crippen LogP contribution is 2.27. The fourth-order valence-corrected chi connectivity index (χ4v) is 3.41. The van der Waals surface area contributed by atoms with Crippen molar-refractivity contribution in [1.29, 1.82) is 0 Å². The van der Waals surface area contributed by atoms with Crippen LogP contribution in [0.3, 0.4) is 0 Å². The number of benzene rings is 1. The SMILES string of the molecule is Cn1cnnc1-c1ccccc1NCc1ccc(Br)s1. The number of aryl methyl sites for hydroxylation is 1. The van der Waals surface area contributed by atoms with Crippen LogP contribution in [0.4, 0.5) is 5.69 Å². The highest BCUT2D eigenvalue weighted by atomic mass is 79.9. The van der Waals surface area contributed by atoms with Gasteiger partial charge in [0.05, 0.1) is 3.79 Å². The summed E-state index contributed by atoms with van der Waals surface area (Å²) in [6.07, 6.45) is 1.71. The summed E-state index contributed by atoms with van der Waals surface area (Å²) >= 11 is 5.22. The fourth-order valence-electron chi connectivity index (χ4n) is 1.99. The summed E-state index contributed by atoms with van der Waals surface area (Å²) in [5.74, 6) is 0.862. The molecule has 0 atom stereocenters. The van der Waals surface area contributed by atoms with Crippen LogP contribution in [0.25, 0.3) is 11.4 Å². The third-order valence-electron chi connectivity index (χ3n) is 2.96. The minimum Gasteiger partial charge on any atom is -0.380 e. The summed E-state index contributed by atoms with van der Waals surface area (Å²) in [5.41, 5.74) is 2.12. The van der Waals surface area contributed by atoms with E-state index in [2.05, 4.69) is 55.7 Å². The minimum atomic E-state index is 0.797. The molecule has 0 fully saturated rings. The van der Waals surface area contributed by atoms with Crippen molar-refractivity contribution >= 4 is 33.0 Å². The van der Waals surface area contributed by atoms with Crippen LogP contribution < -0.4 is 5.32 Å². The van der Waals surface area contributed by atoms with E-state index < -0.39 is 0 Å². The Balaban J connectivity index is 1.85. The first-order valence-electron chi connectivity index (χ1n) is 6.15. The van der Waals surface area contributed by atoms with Crippen LogP contribution in [0.2, 0.25) is 0 Å². The van der Waals surface area contributed by atoms with E-state index in [4.69, 9.17) is 0 Å². The molecule has 4 nitrogen and oxygen atoms in total. The maximum atomic E-state index is 4.17. The van der Waals surface area contributed by atoms with Crippen LogP contribution >= 0.6 is 27.3 Å². The summed E-state index contributed by atoms with van der Waals surface area (Å²) in [4.78, 5) is 1.28. The molecule has 2 heterocycles. The summed E-state index contributed by atoms with van der Waals surface area (Å²) in [6, 6.07) is 12.3. The molecule has 0 amide bonds. The first-order chi connectivity index (χ1) is 9.74. The van der Waals surface area contributed by atoms with Gasteiger partial charge in [0.1, 0.15) is 6.33 Å². The molecule has 0 radical (unpaired) electrons. The number of hydrogen-bond donors (Lipinski definition) is 1. The molecule has 3 rings (SSSR count). The molecule has 2 aromatic heterocycles. The number of aromatic nitrogens is 3. The highest BCUT2D eigenvalue weighted by molar-refractivity contribution is 9.11.